The van der Waals surface area contributed by atoms with Gasteiger partial charge in [0.2, 0.25) is 0 Å². The van der Waals surface area contributed by atoms with Crippen LogP contribution < -0.4 is 20.5 Å². The molecule has 0 spiro atoms. The lowest BCUT2D eigenvalue weighted by atomic mass is 10.0. The molecule has 1 unspecified atom stereocenters. The van der Waals surface area contributed by atoms with E-state index in [0.717, 1.165) is 24.3 Å². The summed E-state index contributed by atoms with van der Waals surface area (Å²) in [5.74, 6) is 1.81. The molecule has 30 heavy (non-hydrogen) atoms. The van der Waals surface area contributed by atoms with Gasteiger partial charge in [-0.2, -0.15) is 0 Å². The maximum absolute atomic E-state index is 6.15. The molecule has 1 saturated heterocycles. The summed E-state index contributed by atoms with van der Waals surface area (Å²) in [6.45, 7) is 5.70. The third-order valence-corrected chi connectivity index (χ3v) is 5.04. The second kappa shape index (κ2) is 12.0. The highest BCUT2D eigenvalue weighted by Crippen LogP contribution is 2.32. The minimum Gasteiger partial charge on any atom is -0.493 e. The minimum absolute atomic E-state index is 0. The lowest BCUT2D eigenvalue weighted by Gasteiger charge is -2.34. The molecule has 0 aliphatic carbocycles. The SMILES string of the molecule is COc1ccc(C(CN=C(N)Nc2ccc(C)cc2)N2CCOCC2)cc1OC.I. The molecule has 1 heterocycles. The van der Waals surface area contributed by atoms with Gasteiger partial charge in [0.05, 0.1) is 40.0 Å². The predicted molar refractivity (Wildman–Crippen MR) is 131 cm³/mol. The first kappa shape index (κ1) is 24.2. The smallest absolute Gasteiger partial charge is 0.193 e. The third kappa shape index (κ3) is 6.48. The summed E-state index contributed by atoms with van der Waals surface area (Å²) in [5.41, 5.74) is 9.38. The van der Waals surface area contributed by atoms with Gasteiger partial charge in [-0.3, -0.25) is 9.89 Å². The van der Waals surface area contributed by atoms with Crippen molar-refractivity contribution in [2.75, 3.05) is 52.4 Å². The lowest BCUT2D eigenvalue weighted by molar-refractivity contribution is 0.0179. The van der Waals surface area contributed by atoms with Gasteiger partial charge in [-0.1, -0.05) is 23.8 Å². The number of ether oxygens (including phenoxy) is 3. The Balaban J connectivity index is 0.00000320. The molecule has 1 fully saturated rings. The summed E-state index contributed by atoms with van der Waals surface area (Å²) >= 11 is 0. The van der Waals surface area contributed by atoms with Crippen LogP contribution in [0.15, 0.2) is 47.5 Å². The number of methoxy groups -OCH3 is 2. The van der Waals surface area contributed by atoms with E-state index in [4.69, 9.17) is 19.9 Å². The van der Waals surface area contributed by atoms with Gasteiger partial charge in [0.25, 0.3) is 0 Å². The number of rotatable bonds is 7. The summed E-state index contributed by atoms with van der Waals surface area (Å²) in [7, 11) is 3.28. The van der Waals surface area contributed by atoms with Crippen LogP contribution in [0, 0.1) is 6.92 Å². The maximum Gasteiger partial charge on any atom is 0.193 e. The van der Waals surface area contributed by atoms with Crippen molar-refractivity contribution in [2.45, 2.75) is 13.0 Å². The number of morpholine rings is 1. The average Bonchev–Trinajstić information content (AvgIpc) is 2.76. The number of anilines is 1. The van der Waals surface area contributed by atoms with Crippen LogP contribution in [0.25, 0.3) is 0 Å². The molecule has 7 nitrogen and oxygen atoms in total. The molecule has 0 saturated carbocycles. The zero-order valence-electron chi connectivity index (χ0n) is 17.8. The first-order valence-corrected chi connectivity index (χ1v) is 9.78. The second-order valence-corrected chi connectivity index (χ2v) is 7.00. The summed E-state index contributed by atoms with van der Waals surface area (Å²) < 4.78 is 16.4. The fourth-order valence-electron chi connectivity index (χ4n) is 3.39. The normalized spacial score (nSPS) is 15.8. The molecule has 2 aromatic rings. The Morgan fingerprint density at radius 3 is 2.40 bits per heavy atom. The number of guanidine groups is 1. The fraction of sp³-hybridized carbons (Fsp3) is 0.409. The van der Waals surface area contributed by atoms with Gasteiger partial charge in [0.15, 0.2) is 17.5 Å². The summed E-state index contributed by atoms with van der Waals surface area (Å²) in [6.07, 6.45) is 0. The molecule has 0 radical (unpaired) electrons. The van der Waals surface area contributed by atoms with Crippen LogP contribution in [0.2, 0.25) is 0 Å². The highest BCUT2D eigenvalue weighted by Gasteiger charge is 2.23. The number of nitrogens with one attached hydrogen (secondary N) is 1. The average molecular weight is 526 g/mol. The van der Waals surface area contributed by atoms with Crippen molar-refractivity contribution in [1.82, 2.24) is 4.90 Å². The monoisotopic (exact) mass is 526 g/mol. The summed E-state index contributed by atoms with van der Waals surface area (Å²) in [6, 6.07) is 14.1. The van der Waals surface area contributed by atoms with Crippen molar-refractivity contribution < 1.29 is 14.2 Å². The molecule has 3 N–H and O–H groups in total. The maximum atomic E-state index is 6.15. The number of nitrogens with two attached hydrogens (primary N) is 1. The van der Waals surface area contributed by atoms with Crippen LogP contribution >= 0.6 is 24.0 Å². The van der Waals surface area contributed by atoms with E-state index in [0.29, 0.717) is 37.2 Å². The zero-order chi connectivity index (χ0) is 20.6. The Bertz CT molecular complexity index is 824. The summed E-state index contributed by atoms with van der Waals surface area (Å²) in [4.78, 5) is 6.99. The first-order chi connectivity index (χ1) is 14.1. The van der Waals surface area contributed by atoms with Gasteiger partial charge in [0, 0.05) is 18.8 Å². The topological polar surface area (TPSA) is 81.3 Å². The number of nitrogens with zero attached hydrogens (tertiary/aromatic N) is 2. The van der Waals surface area contributed by atoms with Gasteiger partial charge in [-0.25, -0.2) is 0 Å². The van der Waals surface area contributed by atoms with Crippen LogP contribution in [0.3, 0.4) is 0 Å². The van der Waals surface area contributed by atoms with Crippen molar-refractivity contribution in [3.63, 3.8) is 0 Å². The van der Waals surface area contributed by atoms with E-state index in [1.807, 2.05) is 36.4 Å². The third-order valence-electron chi connectivity index (χ3n) is 5.04. The number of benzene rings is 2. The number of hydrogen-bond donors (Lipinski definition) is 2. The highest BCUT2D eigenvalue weighted by atomic mass is 127. The molecule has 1 atom stereocenters. The first-order valence-electron chi connectivity index (χ1n) is 9.78. The van der Waals surface area contributed by atoms with E-state index in [1.165, 1.54) is 5.56 Å². The van der Waals surface area contributed by atoms with Crippen LogP contribution in [0.5, 0.6) is 11.5 Å². The van der Waals surface area contributed by atoms with Crippen LogP contribution in [0.1, 0.15) is 17.2 Å². The quantitative estimate of drug-likeness (QED) is 0.327. The van der Waals surface area contributed by atoms with Crippen LogP contribution in [0.4, 0.5) is 5.69 Å². The molecule has 1 aliphatic rings. The highest BCUT2D eigenvalue weighted by molar-refractivity contribution is 14.0. The van der Waals surface area contributed by atoms with Crippen molar-refractivity contribution >= 4 is 35.6 Å². The van der Waals surface area contributed by atoms with Gasteiger partial charge >= 0.3 is 0 Å². The summed E-state index contributed by atoms with van der Waals surface area (Å²) in [5, 5.41) is 3.16. The van der Waals surface area contributed by atoms with Crippen molar-refractivity contribution in [3.05, 3.63) is 53.6 Å². The number of aryl methyl sites for hydroxylation is 1. The molecular formula is C22H31IN4O3. The van der Waals surface area contributed by atoms with E-state index < -0.39 is 0 Å². The van der Waals surface area contributed by atoms with Gasteiger partial charge in [-0.15, -0.1) is 24.0 Å². The van der Waals surface area contributed by atoms with E-state index in [2.05, 4.69) is 28.2 Å². The molecular weight excluding hydrogens is 495 g/mol. The molecule has 164 valence electrons. The minimum atomic E-state index is 0. The fourth-order valence-corrected chi connectivity index (χ4v) is 3.39. The molecule has 0 amide bonds. The Kier molecular flexibility index (Phi) is 9.67. The molecule has 0 aromatic heterocycles. The molecule has 1 aliphatic heterocycles. The van der Waals surface area contributed by atoms with Crippen LogP contribution in [-0.4, -0.2) is 57.9 Å². The van der Waals surface area contributed by atoms with Crippen molar-refractivity contribution in [1.29, 1.82) is 0 Å². The Morgan fingerprint density at radius 2 is 1.77 bits per heavy atom. The Labute approximate surface area is 195 Å². The largest absolute Gasteiger partial charge is 0.493 e. The van der Waals surface area contributed by atoms with Gasteiger partial charge in [-0.05, 0) is 36.8 Å². The molecule has 8 heteroatoms. The number of aliphatic imine (C=N–C) groups is 1. The van der Waals surface area contributed by atoms with E-state index >= 15 is 0 Å². The second-order valence-electron chi connectivity index (χ2n) is 7.00. The lowest BCUT2D eigenvalue weighted by Crippen LogP contribution is -2.40. The van der Waals surface area contributed by atoms with E-state index in [9.17, 15) is 0 Å². The zero-order valence-corrected chi connectivity index (χ0v) is 20.1. The standard InChI is InChI=1S/C22H30N4O3.HI/c1-16-4-7-18(8-5-16)25-22(23)24-15-19(26-10-12-29-13-11-26)17-6-9-20(27-2)21(14-17)28-3;/h4-9,14,19H,10-13,15H2,1-3H3,(H3,23,24,25);1H. The van der Waals surface area contributed by atoms with Crippen molar-refractivity contribution in [3.8, 4) is 11.5 Å². The number of hydrogen-bond acceptors (Lipinski definition) is 5. The van der Waals surface area contributed by atoms with E-state index in [-0.39, 0.29) is 30.0 Å². The Hall–Kier alpha value is -2.04. The van der Waals surface area contributed by atoms with Gasteiger partial charge < -0.3 is 25.3 Å². The molecule has 2 aromatic carbocycles. The molecule has 0 bridgehead atoms. The molecule has 3 rings (SSSR count). The van der Waals surface area contributed by atoms with Crippen LogP contribution in [-0.2, 0) is 4.74 Å². The van der Waals surface area contributed by atoms with Crippen molar-refractivity contribution in [2.24, 2.45) is 10.7 Å². The van der Waals surface area contributed by atoms with E-state index in [1.54, 1.807) is 14.2 Å². The predicted octanol–water partition coefficient (Wildman–Crippen LogP) is 3.43. The van der Waals surface area contributed by atoms with Gasteiger partial charge in [0.1, 0.15) is 0 Å². The Morgan fingerprint density at radius 1 is 1.10 bits per heavy atom. The number of halogens is 1.